The largest absolute Gasteiger partial charge is 0.364 e. The Bertz CT molecular complexity index is 1240. The molecule has 0 atom stereocenters. The predicted octanol–water partition coefficient (Wildman–Crippen LogP) is 2.29. The molecule has 2 aromatic rings. The van der Waals surface area contributed by atoms with Gasteiger partial charge >= 0.3 is 10.5 Å². The number of fused-ring (bicyclic) bond motifs is 1. The number of nitrogens with two attached hydrogens (primary N) is 1. The molecule has 0 spiro atoms. The third-order valence-electron chi connectivity index (χ3n) is 7.86. The molecule has 4 bridgehead atoms. The number of hydrogen-bond donors (Lipinski definition) is 2. The lowest BCUT2D eigenvalue weighted by atomic mass is 9.49. The summed E-state index contributed by atoms with van der Waals surface area (Å²) < 4.78 is 26.8. The van der Waals surface area contributed by atoms with Crippen LogP contribution >= 0.6 is 0 Å². The summed E-state index contributed by atoms with van der Waals surface area (Å²) in [7, 11) is -2.56. The molecule has 0 radical (unpaired) electrons. The highest BCUT2D eigenvalue weighted by molar-refractivity contribution is 7.61. The van der Waals surface area contributed by atoms with Crippen LogP contribution in [-0.2, 0) is 16.9 Å². The van der Waals surface area contributed by atoms with E-state index in [0.717, 1.165) is 23.3 Å². The van der Waals surface area contributed by atoms with Crippen molar-refractivity contribution in [3.8, 4) is 0 Å². The van der Waals surface area contributed by atoms with Gasteiger partial charge in [0.1, 0.15) is 17.0 Å². The first-order chi connectivity index (χ1) is 15.7. The summed E-state index contributed by atoms with van der Waals surface area (Å²) in [6, 6.07) is 3.53. The molecule has 9 nitrogen and oxygen atoms in total. The Morgan fingerprint density at radius 1 is 1.18 bits per heavy atom. The van der Waals surface area contributed by atoms with E-state index in [1.807, 2.05) is 6.92 Å². The third kappa shape index (κ3) is 4.05. The third-order valence-corrected chi connectivity index (χ3v) is 8.25. The molecule has 10 heteroatoms. The summed E-state index contributed by atoms with van der Waals surface area (Å²) in [6.07, 6.45) is 7.73. The van der Waals surface area contributed by atoms with Gasteiger partial charge in [0, 0.05) is 13.0 Å². The van der Waals surface area contributed by atoms with Crippen LogP contribution in [-0.4, -0.2) is 42.7 Å². The molecular weight excluding hydrogens is 442 g/mol. The molecule has 0 unspecified atom stereocenters. The van der Waals surface area contributed by atoms with Crippen molar-refractivity contribution < 1.29 is 18.0 Å². The van der Waals surface area contributed by atoms with Gasteiger partial charge in [0.15, 0.2) is 0 Å². The lowest BCUT2D eigenvalue weighted by molar-refractivity contribution is -0.0503. The summed E-state index contributed by atoms with van der Waals surface area (Å²) in [6.45, 7) is 2.43. The summed E-state index contributed by atoms with van der Waals surface area (Å²) >= 11 is 0. The summed E-state index contributed by atoms with van der Waals surface area (Å²) in [4.78, 5) is 29.8. The van der Waals surface area contributed by atoms with Gasteiger partial charge in [-0.3, -0.25) is 14.0 Å². The minimum absolute atomic E-state index is 0.0302. The van der Waals surface area contributed by atoms with Crippen LogP contribution in [0, 0.1) is 30.1 Å². The van der Waals surface area contributed by atoms with Crippen LogP contribution in [0.2, 0.25) is 0 Å². The molecule has 4 aliphatic carbocycles. The fraction of sp³-hybridized carbons (Fsp3) is 0.609. The first kappa shape index (κ1) is 22.1. The Balaban J connectivity index is 1.46. The van der Waals surface area contributed by atoms with E-state index in [4.69, 9.17) is 5.73 Å². The van der Waals surface area contributed by atoms with E-state index in [9.17, 15) is 18.0 Å². The Morgan fingerprint density at radius 3 is 2.39 bits per heavy atom. The van der Waals surface area contributed by atoms with Crippen LogP contribution < -0.4 is 11.1 Å². The van der Waals surface area contributed by atoms with Gasteiger partial charge in [0.2, 0.25) is 0 Å². The van der Waals surface area contributed by atoms with Gasteiger partial charge in [0.25, 0.3) is 11.8 Å². The molecule has 6 rings (SSSR count). The molecule has 3 N–H and O–H groups in total. The number of hydrogen-bond acceptors (Lipinski definition) is 6. The van der Waals surface area contributed by atoms with Crippen LogP contribution in [0.5, 0.6) is 0 Å². The number of carbonyl (C=O) groups excluding carboxylic acids is 2. The summed E-state index contributed by atoms with van der Waals surface area (Å²) in [5.41, 5.74) is 7.72. The Morgan fingerprint density at radius 2 is 1.82 bits per heavy atom. The van der Waals surface area contributed by atoms with Crippen molar-refractivity contribution in [2.45, 2.75) is 51.9 Å². The van der Waals surface area contributed by atoms with Gasteiger partial charge in [-0.1, -0.05) is 6.07 Å². The first-order valence-electron chi connectivity index (χ1n) is 11.6. The maximum absolute atomic E-state index is 13.5. The van der Waals surface area contributed by atoms with Gasteiger partial charge in [0.05, 0.1) is 12.2 Å². The van der Waals surface area contributed by atoms with Crippen LogP contribution in [0.15, 0.2) is 16.5 Å². The average Bonchev–Trinajstić information content (AvgIpc) is 3.10. The molecule has 4 aliphatic rings. The molecule has 2 amide bonds. The second-order valence-electron chi connectivity index (χ2n) is 10.2. The molecule has 4 saturated carbocycles. The number of imidazole rings is 1. The maximum atomic E-state index is 13.5. The van der Waals surface area contributed by atoms with Gasteiger partial charge in [-0.15, -0.1) is 0 Å². The number of nitrogens with zero attached hydrogens (tertiary/aromatic N) is 3. The van der Waals surface area contributed by atoms with Gasteiger partial charge in [-0.25, -0.2) is 4.98 Å². The lowest BCUT2D eigenvalue weighted by Crippen LogP contribution is -2.51. The van der Waals surface area contributed by atoms with E-state index in [1.165, 1.54) is 38.5 Å². The summed E-state index contributed by atoms with van der Waals surface area (Å²) in [5.74, 6) is 1.45. The topological polar surface area (TPSA) is 136 Å². The van der Waals surface area contributed by atoms with E-state index in [-0.39, 0.29) is 30.0 Å². The molecule has 4 fully saturated rings. The number of amides is 2. The average molecular weight is 472 g/mol. The SMILES string of the molecule is Cc1ccc2nc(C(N)=O)c(CCN=S(=O)=O)n2c1C(=O)NCC12CC3CC(CC(C3)C1)C2. The number of primary amides is 1. The molecule has 0 aromatic carbocycles. The standard InChI is InChI=1S/C23H29N5O4S/c1-13-2-3-18-27-19(21(24)29)17(4-5-26-33(31)32)28(18)20(13)22(30)25-12-23-9-14-6-15(10-23)8-16(7-14)11-23/h2-3,14-16H,4-12H2,1H3,(H2,24,29)(H,25,30). The number of rotatable bonds is 7. The van der Waals surface area contributed by atoms with Crippen LogP contribution in [0.3, 0.4) is 0 Å². The van der Waals surface area contributed by atoms with Crippen molar-refractivity contribution in [1.82, 2.24) is 14.7 Å². The fourth-order valence-corrected chi connectivity index (χ4v) is 7.32. The number of aryl methyl sites for hydroxylation is 1. The molecule has 2 heterocycles. The first-order valence-corrected chi connectivity index (χ1v) is 12.6. The molecular formula is C23H29N5O4S. The minimum Gasteiger partial charge on any atom is -0.364 e. The summed E-state index contributed by atoms with van der Waals surface area (Å²) in [5, 5.41) is 3.20. The Hall–Kier alpha value is -2.75. The lowest BCUT2D eigenvalue weighted by Gasteiger charge is -2.56. The predicted molar refractivity (Wildman–Crippen MR) is 121 cm³/mol. The second-order valence-corrected chi connectivity index (χ2v) is 10.9. The number of nitrogens with one attached hydrogen (secondary N) is 1. The zero-order chi connectivity index (χ0) is 23.3. The zero-order valence-corrected chi connectivity index (χ0v) is 19.5. The van der Waals surface area contributed by atoms with E-state index in [2.05, 4.69) is 14.7 Å². The molecule has 33 heavy (non-hydrogen) atoms. The van der Waals surface area contributed by atoms with E-state index >= 15 is 0 Å². The van der Waals surface area contributed by atoms with Gasteiger partial charge < -0.3 is 11.1 Å². The fourth-order valence-electron chi connectivity index (χ4n) is 7.08. The molecule has 176 valence electrons. The Labute approximate surface area is 193 Å². The smallest absolute Gasteiger partial charge is 0.311 e. The highest BCUT2D eigenvalue weighted by atomic mass is 32.2. The Kier molecular flexibility index (Phi) is 5.50. The maximum Gasteiger partial charge on any atom is 0.311 e. The minimum atomic E-state index is -2.56. The van der Waals surface area contributed by atoms with Crippen LogP contribution in [0.25, 0.3) is 5.65 Å². The molecule has 0 aliphatic heterocycles. The highest BCUT2D eigenvalue weighted by Gasteiger charge is 2.50. The zero-order valence-electron chi connectivity index (χ0n) is 18.7. The van der Waals surface area contributed by atoms with Crippen molar-refractivity contribution in [3.05, 3.63) is 34.8 Å². The van der Waals surface area contributed by atoms with Crippen LogP contribution in [0.1, 0.15) is 70.8 Å². The number of pyridine rings is 1. The molecule has 2 aromatic heterocycles. The van der Waals surface area contributed by atoms with Crippen molar-refractivity contribution in [2.75, 3.05) is 13.1 Å². The molecule has 0 saturated heterocycles. The van der Waals surface area contributed by atoms with Gasteiger partial charge in [-0.05, 0) is 80.2 Å². The van der Waals surface area contributed by atoms with Crippen molar-refractivity contribution in [3.63, 3.8) is 0 Å². The normalized spacial score (nSPS) is 27.6. The number of carbonyl (C=O) groups is 2. The monoisotopic (exact) mass is 471 g/mol. The van der Waals surface area contributed by atoms with Crippen molar-refractivity contribution in [2.24, 2.45) is 33.3 Å². The van der Waals surface area contributed by atoms with E-state index in [0.29, 0.717) is 23.6 Å². The van der Waals surface area contributed by atoms with Gasteiger partial charge in [-0.2, -0.15) is 12.8 Å². The quantitative estimate of drug-likeness (QED) is 0.638. The van der Waals surface area contributed by atoms with E-state index in [1.54, 1.807) is 16.5 Å². The van der Waals surface area contributed by atoms with Crippen LogP contribution in [0.4, 0.5) is 0 Å². The van der Waals surface area contributed by atoms with Crippen molar-refractivity contribution >= 4 is 28.0 Å². The second kappa shape index (κ2) is 8.23. The highest BCUT2D eigenvalue weighted by Crippen LogP contribution is 2.59. The van der Waals surface area contributed by atoms with E-state index < -0.39 is 16.4 Å². The van der Waals surface area contributed by atoms with Crippen molar-refractivity contribution in [1.29, 1.82) is 0 Å². The number of aromatic nitrogens is 2.